The van der Waals surface area contributed by atoms with E-state index < -0.39 is 5.91 Å². The van der Waals surface area contributed by atoms with Crippen molar-refractivity contribution in [3.05, 3.63) is 48.0 Å². The monoisotopic (exact) mass is 386 g/mol. The number of amides is 2. The van der Waals surface area contributed by atoms with Crippen LogP contribution in [0.25, 0.3) is 0 Å². The zero-order valence-corrected chi connectivity index (χ0v) is 16.6. The summed E-state index contributed by atoms with van der Waals surface area (Å²) in [5.41, 5.74) is 1.37. The van der Waals surface area contributed by atoms with Gasteiger partial charge in [0.25, 0.3) is 0 Å². The summed E-state index contributed by atoms with van der Waals surface area (Å²) in [6.07, 6.45) is -0.314. The van der Waals surface area contributed by atoms with E-state index in [0.29, 0.717) is 22.9 Å². The molecule has 0 aromatic heterocycles. The Labute approximate surface area is 165 Å². The van der Waals surface area contributed by atoms with Crippen LogP contribution in [-0.2, 0) is 16.1 Å². The van der Waals surface area contributed by atoms with Crippen molar-refractivity contribution in [2.75, 3.05) is 19.5 Å². The van der Waals surface area contributed by atoms with Gasteiger partial charge < -0.3 is 24.8 Å². The normalized spacial score (nSPS) is 10.3. The van der Waals surface area contributed by atoms with Crippen molar-refractivity contribution in [3.8, 4) is 17.2 Å². The molecule has 28 heavy (non-hydrogen) atoms. The molecule has 0 unspecified atom stereocenters. The van der Waals surface area contributed by atoms with Crippen molar-refractivity contribution < 1.29 is 23.8 Å². The van der Waals surface area contributed by atoms with Crippen LogP contribution in [0.15, 0.2) is 42.5 Å². The third-order valence-electron chi connectivity index (χ3n) is 3.78. The molecular formula is C21H26N2O5. The maximum Gasteiger partial charge on any atom is 0.233 e. The lowest BCUT2D eigenvalue weighted by Gasteiger charge is -2.14. The highest BCUT2D eigenvalue weighted by atomic mass is 16.5. The van der Waals surface area contributed by atoms with E-state index in [1.165, 1.54) is 0 Å². The van der Waals surface area contributed by atoms with Gasteiger partial charge in [0.2, 0.25) is 11.8 Å². The lowest BCUT2D eigenvalue weighted by molar-refractivity contribution is -0.126. The Morgan fingerprint density at radius 3 is 2.32 bits per heavy atom. The fraction of sp³-hybridized carbons (Fsp3) is 0.333. The summed E-state index contributed by atoms with van der Waals surface area (Å²) in [6.45, 7) is 4.08. The number of rotatable bonds is 9. The minimum Gasteiger partial charge on any atom is -0.493 e. The predicted molar refractivity (Wildman–Crippen MR) is 107 cm³/mol. The molecule has 0 saturated heterocycles. The van der Waals surface area contributed by atoms with E-state index in [0.717, 1.165) is 5.56 Å². The van der Waals surface area contributed by atoms with Crippen LogP contribution in [0.3, 0.4) is 0 Å². The molecule has 0 bridgehead atoms. The molecule has 150 valence electrons. The van der Waals surface area contributed by atoms with Crippen LogP contribution < -0.4 is 24.8 Å². The van der Waals surface area contributed by atoms with Gasteiger partial charge in [0.1, 0.15) is 12.2 Å². The van der Waals surface area contributed by atoms with E-state index in [2.05, 4.69) is 10.6 Å². The quantitative estimate of drug-likeness (QED) is 0.647. The highest BCUT2D eigenvalue weighted by Crippen LogP contribution is 2.27. The third-order valence-corrected chi connectivity index (χ3v) is 3.78. The van der Waals surface area contributed by atoms with E-state index >= 15 is 0 Å². The Balaban J connectivity index is 1.89. The molecule has 0 saturated carbocycles. The maximum atomic E-state index is 12.2. The van der Waals surface area contributed by atoms with Crippen LogP contribution >= 0.6 is 0 Å². The molecule has 0 atom stereocenters. The Morgan fingerprint density at radius 1 is 0.929 bits per heavy atom. The molecule has 0 aliphatic carbocycles. The van der Waals surface area contributed by atoms with E-state index in [1.807, 2.05) is 26.0 Å². The average Bonchev–Trinajstić information content (AvgIpc) is 2.67. The van der Waals surface area contributed by atoms with Crippen LogP contribution in [-0.4, -0.2) is 32.1 Å². The zero-order chi connectivity index (χ0) is 20.5. The maximum absolute atomic E-state index is 12.2. The molecule has 2 aromatic carbocycles. The van der Waals surface area contributed by atoms with Gasteiger partial charge in [0.05, 0.1) is 26.0 Å². The number of para-hydroxylation sites is 2. The van der Waals surface area contributed by atoms with Crippen LogP contribution in [0.1, 0.15) is 25.8 Å². The lowest BCUT2D eigenvalue weighted by atomic mass is 10.2. The number of hydrogen-bond acceptors (Lipinski definition) is 5. The second kappa shape index (κ2) is 10.2. The molecule has 0 fully saturated rings. The number of benzene rings is 2. The van der Waals surface area contributed by atoms with Crippen molar-refractivity contribution in [1.82, 2.24) is 5.32 Å². The number of nitrogens with one attached hydrogen (secondary N) is 2. The van der Waals surface area contributed by atoms with E-state index in [4.69, 9.17) is 14.2 Å². The Hall–Kier alpha value is -3.22. The van der Waals surface area contributed by atoms with Gasteiger partial charge in [-0.2, -0.15) is 0 Å². The molecule has 0 aliphatic heterocycles. The smallest absolute Gasteiger partial charge is 0.233 e. The molecule has 0 aliphatic rings. The summed E-state index contributed by atoms with van der Waals surface area (Å²) in [7, 11) is 3.10. The zero-order valence-electron chi connectivity index (χ0n) is 16.6. The topological polar surface area (TPSA) is 85.9 Å². The lowest BCUT2D eigenvalue weighted by Crippen LogP contribution is -2.28. The number of carbonyl (C=O) groups is 2. The van der Waals surface area contributed by atoms with E-state index in [-0.39, 0.29) is 25.0 Å². The first-order chi connectivity index (χ1) is 13.4. The summed E-state index contributed by atoms with van der Waals surface area (Å²) in [5.74, 6) is 0.962. The Morgan fingerprint density at radius 2 is 1.64 bits per heavy atom. The number of methoxy groups -OCH3 is 2. The van der Waals surface area contributed by atoms with Crippen molar-refractivity contribution >= 4 is 17.5 Å². The fourth-order valence-electron chi connectivity index (χ4n) is 2.52. The first kappa shape index (κ1) is 21.1. The van der Waals surface area contributed by atoms with Crippen molar-refractivity contribution in [2.45, 2.75) is 32.9 Å². The third kappa shape index (κ3) is 6.19. The highest BCUT2D eigenvalue weighted by molar-refractivity contribution is 6.04. The summed E-state index contributed by atoms with van der Waals surface area (Å²) < 4.78 is 16.1. The molecule has 2 N–H and O–H groups in total. The molecular weight excluding hydrogens is 360 g/mol. The summed E-state index contributed by atoms with van der Waals surface area (Å²) >= 11 is 0. The summed E-state index contributed by atoms with van der Waals surface area (Å²) in [4.78, 5) is 24.3. The van der Waals surface area contributed by atoms with E-state index in [1.54, 1.807) is 44.6 Å². The summed E-state index contributed by atoms with van der Waals surface area (Å²) in [6, 6.07) is 12.5. The first-order valence-electron chi connectivity index (χ1n) is 8.96. The van der Waals surface area contributed by atoms with Crippen LogP contribution in [0.5, 0.6) is 17.2 Å². The Kier molecular flexibility index (Phi) is 7.68. The molecule has 2 rings (SSSR count). The molecule has 0 radical (unpaired) electrons. The molecule has 2 amide bonds. The van der Waals surface area contributed by atoms with Gasteiger partial charge in [0, 0.05) is 6.54 Å². The molecule has 0 spiro atoms. The molecule has 0 heterocycles. The van der Waals surface area contributed by atoms with Gasteiger partial charge in [-0.1, -0.05) is 18.2 Å². The van der Waals surface area contributed by atoms with Gasteiger partial charge >= 0.3 is 0 Å². The number of hydrogen-bond donors (Lipinski definition) is 2. The molecule has 7 nitrogen and oxygen atoms in total. The standard InChI is InChI=1S/C21H26N2O5/c1-14(2)28-17-8-6-5-7-16(17)23-21(25)12-20(24)22-13-15-9-10-18(26-3)19(11-15)27-4/h5-11,14H,12-13H2,1-4H3,(H,22,24)(H,23,25). The predicted octanol–water partition coefficient (Wildman–Crippen LogP) is 3.14. The Bertz CT molecular complexity index is 820. The average molecular weight is 386 g/mol. The van der Waals surface area contributed by atoms with E-state index in [9.17, 15) is 9.59 Å². The minimum atomic E-state index is -0.412. The van der Waals surface area contributed by atoms with Crippen molar-refractivity contribution in [3.63, 3.8) is 0 Å². The van der Waals surface area contributed by atoms with Gasteiger partial charge in [0.15, 0.2) is 11.5 Å². The SMILES string of the molecule is COc1ccc(CNC(=O)CC(=O)Nc2ccccc2OC(C)C)cc1OC. The van der Waals surface area contributed by atoms with Crippen LogP contribution in [0.4, 0.5) is 5.69 Å². The number of carbonyl (C=O) groups excluding carboxylic acids is 2. The molecule has 7 heteroatoms. The molecule has 2 aromatic rings. The van der Waals surface area contributed by atoms with Crippen molar-refractivity contribution in [1.29, 1.82) is 0 Å². The van der Waals surface area contributed by atoms with Crippen LogP contribution in [0.2, 0.25) is 0 Å². The first-order valence-corrected chi connectivity index (χ1v) is 8.96. The van der Waals surface area contributed by atoms with Gasteiger partial charge in [-0.25, -0.2) is 0 Å². The van der Waals surface area contributed by atoms with Crippen molar-refractivity contribution in [2.24, 2.45) is 0 Å². The number of ether oxygens (including phenoxy) is 3. The highest BCUT2D eigenvalue weighted by Gasteiger charge is 2.13. The number of anilines is 1. The largest absolute Gasteiger partial charge is 0.493 e. The van der Waals surface area contributed by atoms with Gasteiger partial charge in [-0.15, -0.1) is 0 Å². The fourth-order valence-corrected chi connectivity index (χ4v) is 2.52. The minimum absolute atomic E-state index is 0.0251. The van der Waals surface area contributed by atoms with Crippen LogP contribution in [0, 0.1) is 0 Å². The summed E-state index contributed by atoms with van der Waals surface area (Å²) in [5, 5.41) is 5.44. The van der Waals surface area contributed by atoms with Gasteiger partial charge in [-0.05, 0) is 43.7 Å². The second-order valence-corrected chi connectivity index (χ2v) is 6.35. The second-order valence-electron chi connectivity index (χ2n) is 6.35. The van der Waals surface area contributed by atoms with Gasteiger partial charge in [-0.3, -0.25) is 9.59 Å².